The van der Waals surface area contributed by atoms with E-state index in [2.05, 4.69) is 0 Å². The van der Waals surface area contributed by atoms with Crippen molar-refractivity contribution in [2.24, 2.45) is 0 Å². The third-order valence-electron chi connectivity index (χ3n) is 6.06. The lowest BCUT2D eigenvalue weighted by Gasteiger charge is -2.31. The van der Waals surface area contributed by atoms with Crippen LogP contribution in [0.15, 0.2) is 23.0 Å². The van der Waals surface area contributed by atoms with Crippen LogP contribution in [-0.4, -0.2) is 49.7 Å². The van der Waals surface area contributed by atoms with Gasteiger partial charge in [0.1, 0.15) is 18.1 Å². The number of aliphatic hydroxyl groups is 1. The number of cyclic esters (lactones) is 1. The predicted octanol–water partition coefficient (Wildman–Crippen LogP) is 1.24. The SMILES string of the molecule is CC[C@@]1(O)C(=O)OCc2c1cc1n(c2=O)Cc2nc3c(CN(C)C)c(O)ccc3nc2-1. The number of phenolic OH excluding ortho intramolecular Hbond substituents is 1. The largest absolute Gasteiger partial charge is 0.508 e. The van der Waals surface area contributed by atoms with Gasteiger partial charge in [0.05, 0.1) is 34.5 Å². The van der Waals surface area contributed by atoms with Crippen LogP contribution in [0.2, 0.25) is 0 Å². The number of benzene rings is 1. The first kappa shape index (κ1) is 19.7. The number of esters is 1. The van der Waals surface area contributed by atoms with Crippen molar-refractivity contribution in [1.29, 1.82) is 0 Å². The van der Waals surface area contributed by atoms with E-state index < -0.39 is 11.6 Å². The van der Waals surface area contributed by atoms with Crippen LogP contribution in [0.1, 0.15) is 35.7 Å². The summed E-state index contributed by atoms with van der Waals surface area (Å²) < 4.78 is 6.64. The average molecular weight is 422 g/mol. The highest BCUT2D eigenvalue weighted by Crippen LogP contribution is 2.38. The molecule has 0 spiro atoms. The number of carbonyl (C=O) groups excluding carboxylic acids is 1. The Bertz CT molecular complexity index is 1330. The van der Waals surface area contributed by atoms with E-state index in [0.29, 0.717) is 40.2 Å². The van der Waals surface area contributed by atoms with Gasteiger partial charge >= 0.3 is 5.97 Å². The van der Waals surface area contributed by atoms with Crippen molar-refractivity contribution in [3.05, 3.63) is 50.9 Å². The molecule has 0 radical (unpaired) electrons. The molecule has 2 aromatic heterocycles. The standard InChI is InChI=1S/C22H22N4O5/c1-4-22(30)13-7-16-19-15(9-26(16)20(28)12(13)10-31-21(22)29)24-18-11(8-25(2)3)17(27)6-5-14(18)23-19/h5-7,27,30H,4,8-10H2,1-3H3/t22-/m0/s1. The number of aromatic nitrogens is 3. The highest BCUT2D eigenvalue weighted by Gasteiger charge is 2.45. The Morgan fingerprint density at radius 3 is 2.74 bits per heavy atom. The predicted molar refractivity (Wildman–Crippen MR) is 111 cm³/mol. The molecule has 2 aliphatic rings. The summed E-state index contributed by atoms with van der Waals surface area (Å²) in [6.45, 7) is 2.20. The molecule has 0 aliphatic carbocycles. The first-order valence-corrected chi connectivity index (χ1v) is 10.1. The van der Waals surface area contributed by atoms with Crippen LogP contribution in [0.3, 0.4) is 0 Å². The average Bonchev–Trinajstić information content (AvgIpc) is 3.10. The number of ether oxygens (including phenoxy) is 1. The Labute approximate surface area is 177 Å². The highest BCUT2D eigenvalue weighted by molar-refractivity contribution is 5.86. The van der Waals surface area contributed by atoms with Crippen LogP contribution < -0.4 is 5.56 Å². The second kappa shape index (κ2) is 6.60. The second-order valence-corrected chi connectivity index (χ2v) is 8.29. The zero-order chi connectivity index (χ0) is 22.1. The third kappa shape index (κ3) is 2.70. The van der Waals surface area contributed by atoms with Crippen LogP contribution in [0.25, 0.3) is 22.4 Å². The van der Waals surface area contributed by atoms with Crippen LogP contribution in [0.5, 0.6) is 5.75 Å². The van der Waals surface area contributed by atoms with Gasteiger partial charge in [0.15, 0.2) is 5.60 Å². The molecule has 160 valence electrons. The van der Waals surface area contributed by atoms with Gasteiger partial charge in [-0.1, -0.05) is 6.92 Å². The van der Waals surface area contributed by atoms with Gasteiger partial charge in [0.2, 0.25) is 0 Å². The topological polar surface area (TPSA) is 118 Å². The minimum atomic E-state index is -1.86. The van der Waals surface area contributed by atoms with Crippen molar-refractivity contribution in [2.45, 2.75) is 38.6 Å². The summed E-state index contributed by atoms with van der Waals surface area (Å²) in [5, 5.41) is 21.3. The molecular formula is C22H22N4O5. The molecule has 0 saturated carbocycles. The van der Waals surface area contributed by atoms with Crippen LogP contribution in [0, 0.1) is 0 Å². The van der Waals surface area contributed by atoms with Crippen LogP contribution in [-0.2, 0) is 34.8 Å². The summed E-state index contributed by atoms with van der Waals surface area (Å²) in [7, 11) is 3.80. The Kier molecular flexibility index (Phi) is 4.18. The molecule has 2 aliphatic heterocycles. The van der Waals surface area contributed by atoms with E-state index in [4.69, 9.17) is 14.7 Å². The molecular weight excluding hydrogens is 400 g/mol. The molecule has 0 bridgehead atoms. The van der Waals surface area contributed by atoms with E-state index in [9.17, 15) is 19.8 Å². The van der Waals surface area contributed by atoms with E-state index in [0.717, 1.165) is 0 Å². The molecule has 0 fully saturated rings. The zero-order valence-corrected chi connectivity index (χ0v) is 17.5. The lowest BCUT2D eigenvalue weighted by Crippen LogP contribution is -2.44. The van der Waals surface area contributed by atoms with Gasteiger partial charge in [0.25, 0.3) is 5.56 Å². The maximum Gasteiger partial charge on any atom is 0.343 e. The number of rotatable bonds is 3. The maximum absolute atomic E-state index is 13.2. The molecule has 5 rings (SSSR count). The van der Waals surface area contributed by atoms with Gasteiger partial charge in [-0.25, -0.2) is 14.8 Å². The van der Waals surface area contributed by atoms with E-state index in [-0.39, 0.29) is 42.0 Å². The first-order chi connectivity index (χ1) is 14.7. The lowest BCUT2D eigenvalue weighted by atomic mass is 9.86. The van der Waals surface area contributed by atoms with Crippen molar-refractivity contribution < 1.29 is 19.7 Å². The minimum absolute atomic E-state index is 0.0884. The number of carbonyl (C=O) groups is 1. The Balaban J connectivity index is 1.75. The summed E-state index contributed by atoms with van der Waals surface area (Å²) in [6.07, 6.45) is 0.0884. The molecule has 9 nitrogen and oxygen atoms in total. The quantitative estimate of drug-likeness (QED) is 0.474. The van der Waals surface area contributed by atoms with E-state index >= 15 is 0 Å². The first-order valence-electron chi connectivity index (χ1n) is 10.1. The van der Waals surface area contributed by atoms with Gasteiger partial charge < -0.3 is 24.4 Å². The molecule has 2 N–H and O–H groups in total. The van der Waals surface area contributed by atoms with Crippen molar-refractivity contribution in [1.82, 2.24) is 19.4 Å². The molecule has 3 aromatic rings. The lowest BCUT2D eigenvalue weighted by molar-refractivity contribution is -0.172. The maximum atomic E-state index is 13.2. The van der Waals surface area contributed by atoms with E-state index in [1.54, 1.807) is 29.7 Å². The number of hydrogen-bond acceptors (Lipinski definition) is 8. The number of nitrogens with zero attached hydrogens (tertiary/aromatic N) is 4. The second-order valence-electron chi connectivity index (χ2n) is 8.29. The Hall–Kier alpha value is -3.30. The fraction of sp³-hybridized carbons (Fsp3) is 0.364. The molecule has 31 heavy (non-hydrogen) atoms. The van der Waals surface area contributed by atoms with Crippen molar-refractivity contribution in [3.8, 4) is 17.1 Å². The summed E-state index contributed by atoms with van der Waals surface area (Å²) >= 11 is 0. The molecule has 1 aromatic carbocycles. The van der Waals surface area contributed by atoms with Crippen molar-refractivity contribution in [2.75, 3.05) is 14.1 Å². The Morgan fingerprint density at radius 1 is 1.26 bits per heavy atom. The normalized spacial score (nSPS) is 19.3. The summed E-state index contributed by atoms with van der Waals surface area (Å²) in [6, 6.07) is 4.94. The van der Waals surface area contributed by atoms with Crippen LogP contribution >= 0.6 is 0 Å². The number of phenols is 1. The molecule has 0 unspecified atom stereocenters. The van der Waals surface area contributed by atoms with Crippen LogP contribution in [0.4, 0.5) is 0 Å². The summed E-state index contributed by atoms with van der Waals surface area (Å²) in [4.78, 5) is 36.9. The fourth-order valence-electron chi connectivity index (χ4n) is 4.39. The minimum Gasteiger partial charge on any atom is -0.508 e. The number of hydrogen-bond donors (Lipinski definition) is 2. The van der Waals surface area contributed by atoms with Gasteiger partial charge in [-0.05, 0) is 38.7 Å². The fourth-order valence-corrected chi connectivity index (χ4v) is 4.39. The summed E-state index contributed by atoms with van der Waals surface area (Å²) in [5.41, 5.74) is 1.85. The van der Waals surface area contributed by atoms with Gasteiger partial charge in [-0.15, -0.1) is 0 Å². The van der Waals surface area contributed by atoms with Gasteiger partial charge in [-0.3, -0.25) is 4.79 Å². The van der Waals surface area contributed by atoms with Gasteiger partial charge in [0, 0.05) is 17.7 Å². The van der Waals surface area contributed by atoms with Crippen molar-refractivity contribution in [3.63, 3.8) is 0 Å². The Morgan fingerprint density at radius 2 is 2.03 bits per heavy atom. The number of aromatic hydroxyl groups is 1. The zero-order valence-electron chi connectivity index (χ0n) is 17.5. The highest BCUT2D eigenvalue weighted by atomic mass is 16.6. The van der Waals surface area contributed by atoms with E-state index in [1.807, 2.05) is 19.0 Å². The summed E-state index contributed by atoms with van der Waals surface area (Å²) in [5.74, 6) is -0.610. The molecule has 0 amide bonds. The van der Waals surface area contributed by atoms with E-state index in [1.165, 1.54) is 0 Å². The molecule has 1 atom stereocenters. The number of pyridine rings is 1. The van der Waals surface area contributed by atoms with Crippen molar-refractivity contribution >= 4 is 17.0 Å². The van der Waals surface area contributed by atoms with Gasteiger partial charge in [-0.2, -0.15) is 0 Å². The molecule has 0 saturated heterocycles. The molecule has 4 heterocycles. The molecule has 9 heteroatoms. The smallest absolute Gasteiger partial charge is 0.343 e. The monoisotopic (exact) mass is 422 g/mol. The third-order valence-corrected chi connectivity index (χ3v) is 6.06. The number of fused-ring (bicyclic) bond motifs is 5.